The Bertz CT molecular complexity index is 743. The molecule has 0 aliphatic rings. The van der Waals surface area contributed by atoms with Gasteiger partial charge in [-0.3, -0.25) is 4.98 Å². The molecule has 1 aromatic carbocycles. The van der Waals surface area contributed by atoms with Gasteiger partial charge in [-0.25, -0.2) is 14.8 Å². The molecule has 0 aliphatic heterocycles. The number of oxazole rings is 1. The summed E-state index contributed by atoms with van der Waals surface area (Å²) in [6.45, 7) is 1.83. The van der Waals surface area contributed by atoms with Crippen molar-refractivity contribution >= 4 is 11.1 Å². The minimum absolute atomic E-state index is 0.448. The highest BCUT2D eigenvalue weighted by molar-refractivity contribution is 5.78. The summed E-state index contributed by atoms with van der Waals surface area (Å²) in [5.41, 5.74) is 2.92. The highest BCUT2D eigenvalue weighted by Crippen LogP contribution is 2.21. The van der Waals surface area contributed by atoms with E-state index < -0.39 is 5.76 Å². The first-order valence-corrected chi connectivity index (χ1v) is 5.15. The van der Waals surface area contributed by atoms with Crippen molar-refractivity contribution in [2.24, 2.45) is 0 Å². The van der Waals surface area contributed by atoms with Gasteiger partial charge in [-0.05, 0) is 25.1 Å². The zero-order valence-corrected chi connectivity index (χ0v) is 9.10. The lowest BCUT2D eigenvalue weighted by atomic mass is 10.1. The van der Waals surface area contributed by atoms with E-state index in [1.54, 1.807) is 18.3 Å². The van der Waals surface area contributed by atoms with Gasteiger partial charge in [0, 0.05) is 11.8 Å². The Labute approximate surface area is 96.1 Å². The Kier molecular flexibility index (Phi) is 2.04. The number of aromatic amines is 1. The number of benzene rings is 1. The summed E-state index contributed by atoms with van der Waals surface area (Å²) in [5.74, 6) is 0.258. The minimum Gasteiger partial charge on any atom is -0.408 e. The molecule has 0 atom stereocenters. The number of hydrogen-bond acceptors (Lipinski definition) is 4. The van der Waals surface area contributed by atoms with Gasteiger partial charge in [0.1, 0.15) is 5.82 Å². The molecule has 1 N–H and O–H groups in total. The van der Waals surface area contributed by atoms with Gasteiger partial charge < -0.3 is 4.42 Å². The van der Waals surface area contributed by atoms with Crippen LogP contribution in [-0.4, -0.2) is 15.0 Å². The normalized spacial score (nSPS) is 10.9. The molecule has 17 heavy (non-hydrogen) atoms. The van der Waals surface area contributed by atoms with Crippen molar-refractivity contribution in [1.82, 2.24) is 15.0 Å². The highest BCUT2D eigenvalue weighted by Gasteiger charge is 2.05. The van der Waals surface area contributed by atoms with Gasteiger partial charge in [0.25, 0.3) is 0 Å². The molecule has 3 rings (SSSR count). The maximum atomic E-state index is 11.0. The summed E-state index contributed by atoms with van der Waals surface area (Å²) in [6, 6.07) is 7.29. The first-order chi connectivity index (χ1) is 8.22. The third-order valence-corrected chi connectivity index (χ3v) is 2.49. The van der Waals surface area contributed by atoms with Crippen LogP contribution < -0.4 is 5.76 Å². The molecule has 0 saturated carbocycles. The zero-order chi connectivity index (χ0) is 11.8. The second kappa shape index (κ2) is 3.55. The third-order valence-electron chi connectivity index (χ3n) is 2.49. The Hall–Kier alpha value is -2.43. The van der Waals surface area contributed by atoms with Crippen LogP contribution in [0.25, 0.3) is 22.4 Å². The summed E-state index contributed by atoms with van der Waals surface area (Å²) >= 11 is 0. The average Bonchev–Trinajstić information content (AvgIpc) is 2.68. The van der Waals surface area contributed by atoms with Crippen molar-refractivity contribution in [2.75, 3.05) is 0 Å². The van der Waals surface area contributed by atoms with Gasteiger partial charge in [0.05, 0.1) is 11.2 Å². The molecule has 2 aromatic heterocycles. The van der Waals surface area contributed by atoms with E-state index in [2.05, 4.69) is 15.0 Å². The molecule has 0 bridgehead atoms. The Morgan fingerprint density at radius 1 is 1.29 bits per heavy atom. The van der Waals surface area contributed by atoms with Crippen LogP contribution in [0.4, 0.5) is 0 Å². The van der Waals surface area contributed by atoms with Crippen LogP contribution in [0.5, 0.6) is 0 Å². The molecule has 0 aliphatic carbocycles. The molecule has 0 unspecified atom stereocenters. The van der Waals surface area contributed by atoms with Crippen molar-refractivity contribution < 1.29 is 4.42 Å². The first kappa shape index (κ1) is 9.77. The SMILES string of the molecule is Cc1nccc(-c2ccc3[nH]c(=O)oc3c2)n1. The molecule has 0 radical (unpaired) electrons. The molecule has 0 fully saturated rings. The molecular weight excluding hydrogens is 218 g/mol. The van der Waals surface area contributed by atoms with E-state index in [4.69, 9.17) is 4.42 Å². The summed E-state index contributed by atoms with van der Waals surface area (Å²) < 4.78 is 5.01. The van der Waals surface area contributed by atoms with Crippen LogP contribution in [0.3, 0.4) is 0 Å². The number of H-pyrrole nitrogens is 1. The molecule has 2 heterocycles. The quantitative estimate of drug-likeness (QED) is 0.689. The van der Waals surface area contributed by atoms with Gasteiger partial charge in [0.15, 0.2) is 5.58 Å². The van der Waals surface area contributed by atoms with Gasteiger partial charge in [0.2, 0.25) is 0 Å². The molecule has 0 amide bonds. The summed E-state index contributed by atoms with van der Waals surface area (Å²) in [5, 5.41) is 0. The van der Waals surface area contributed by atoms with Gasteiger partial charge in [-0.1, -0.05) is 6.07 Å². The van der Waals surface area contributed by atoms with E-state index in [0.29, 0.717) is 16.9 Å². The van der Waals surface area contributed by atoms with E-state index in [9.17, 15) is 4.79 Å². The Balaban J connectivity index is 2.20. The smallest absolute Gasteiger partial charge is 0.408 e. The lowest BCUT2D eigenvalue weighted by molar-refractivity contribution is 0.555. The van der Waals surface area contributed by atoms with E-state index in [-0.39, 0.29) is 0 Å². The maximum absolute atomic E-state index is 11.0. The van der Waals surface area contributed by atoms with Crippen LogP contribution in [0.2, 0.25) is 0 Å². The highest BCUT2D eigenvalue weighted by atomic mass is 16.4. The van der Waals surface area contributed by atoms with Crippen molar-refractivity contribution in [3.63, 3.8) is 0 Å². The third kappa shape index (κ3) is 1.71. The number of hydrogen-bond donors (Lipinski definition) is 1. The summed E-state index contributed by atoms with van der Waals surface area (Å²) in [6.07, 6.45) is 1.70. The average molecular weight is 227 g/mol. The van der Waals surface area contributed by atoms with E-state index in [0.717, 1.165) is 11.3 Å². The van der Waals surface area contributed by atoms with Crippen molar-refractivity contribution in [3.8, 4) is 11.3 Å². The summed E-state index contributed by atoms with van der Waals surface area (Å²) in [7, 11) is 0. The largest absolute Gasteiger partial charge is 0.417 e. The second-order valence-corrected chi connectivity index (χ2v) is 3.71. The standard InChI is InChI=1S/C12H9N3O2/c1-7-13-5-4-9(14-7)8-2-3-10-11(6-8)17-12(16)15-10/h2-6H,1H3,(H,15,16). The summed E-state index contributed by atoms with van der Waals surface area (Å²) in [4.78, 5) is 22.0. The second-order valence-electron chi connectivity index (χ2n) is 3.71. The van der Waals surface area contributed by atoms with Crippen LogP contribution in [-0.2, 0) is 0 Å². The van der Waals surface area contributed by atoms with Crippen molar-refractivity contribution in [3.05, 3.63) is 46.8 Å². The molecule has 84 valence electrons. The topological polar surface area (TPSA) is 71.8 Å². The van der Waals surface area contributed by atoms with Crippen molar-refractivity contribution in [1.29, 1.82) is 0 Å². The predicted octanol–water partition coefficient (Wildman–Crippen LogP) is 1.89. The minimum atomic E-state index is -0.448. The van der Waals surface area contributed by atoms with Gasteiger partial charge in [-0.2, -0.15) is 0 Å². The maximum Gasteiger partial charge on any atom is 0.417 e. The van der Waals surface area contributed by atoms with Gasteiger partial charge >= 0.3 is 5.76 Å². The fraction of sp³-hybridized carbons (Fsp3) is 0.0833. The number of fused-ring (bicyclic) bond motifs is 1. The molecule has 3 aromatic rings. The van der Waals surface area contributed by atoms with Crippen LogP contribution in [0, 0.1) is 6.92 Å². The Morgan fingerprint density at radius 3 is 3.00 bits per heavy atom. The van der Waals surface area contributed by atoms with E-state index in [1.165, 1.54) is 0 Å². The fourth-order valence-electron chi connectivity index (χ4n) is 1.72. The lowest BCUT2D eigenvalue weighted by Crippen LogP contribution is -1.92. The zero-order valence-electron chi connectivity index (χ0n) is 9.10. The molecule has 0 spiro atoms. The van der Waals surface area contributed by atoms with Crippen LogP contribution >= 0.6 is 0 Å². The fourth-order valence-corrected chi connectivity index (χ4v) is 1.72. The molecule has 5 nitrogen and oxygen atoms in total. The predicted molar refractivity (Wildman–Crippen MR) is 62.6 cm³/mol. The monoisotopic (exact) mass is 227 g/mol. The molecular formula is C12H9N3O2. The molecule has 5 heteroatoms. The lowest BCUT2D eigenvalue weighted by Gasteiger charge is -2.00. The van der Waals surface area contributed by atoms with E-state index in [1.807, 2.05) is 19.1 Å². The Morgan fingerprint density at radius 2 is 2.18 bits per heavy atom. The number of nitrogens with one attached hydrogen (secondary N) is 1. The van der Waals surface area contributed by atoms with Crippen molar-refractivity contribution in [2.45, 2.75) is 6.92 Å². The number of aromatic nitrogens is 3. The molecule has 0 saturated heterocycles. The van der Waals surface area contributed by atoms with Gasteiger partial charge in [-0.15, -0.1) is 0 Å². The van der Waals surface area contributed by atoms with Crippen LogP contribution in [0.15, 0.2) is 39.7 Å². The number of nitrogens with zero attached hydrogens (tertiary/aromatic N) is 2. The number of rotatable bonds is 1. The van der Waals surface area contributed by atoms with E-state index >= 15 is 0 Å². The number of aryl methyl sites for hydroxylation is 1. The van der Waals surface area contributed by atoms with Crippen LogP contribution in [0.1, 0.15) is 5.82 Å². The first-order valence-electron chi connectivity index (χ1n) is 5.15.